The normalized spacial score (nSPS) is 31.8. The van der Waals surface area contributed by atoms with Crippen molar-refractivity contribution in [1.29, 1.82) is 0 Å². The Hall–Kier alpha value is -0.180. The number of rotatable bonds is 3. The zero-order chi connectivity index (χ0) is 9.19. The number of nitrogens with zero attached hydrogens (tertiary/aromatic N) is 1. The van der Waals surface area contributed by atoms with E-state index in [2.05, 4.69) is 13.8 Å². The molecule has 1 aliphatic heterocycles. The van der Waals surface area contributed by atoms with Gasteiger partial charge in [-0.1, -0.05) is 13.8 Å². The highest BCUT2D eigenvalue weighted by Gasteiger charge is 2.38. The minimum atomic E-state index is -1.55. The first-order valence-corrected chi connectivity index (χ1v) is 4.53. The topological polar surface area (TPSA) is 3.24 Å². The Bertz CT molecular complexity index is 149. The van der Waals surface area contributed by atoms with Crippen LogP contribution in [0.15, 0.2) is 0 Å². The lowest BCUT2D eigenvalue weighted by atomic mass is 10.1. The van der Waals surface area contributed by atoms with Crippen molar-refractivity contribution >= 4 is 0 Å². The van der Waals surface area contributed by atoms with Crippen LogP contribution in [-0.4, -0.2) is 36.9 Å². The molecule has 0 saturated carbocycles. The third-order valence-corrected chi connectivity index (χ3v) is 2.25. The van der Waals surface area contributed by atoms with Gasteiger partial charge in [0.2, 0.25) is 0 Å². The smallest absolute Gasteiger partial charge is 0.152 e. The van der Waals surface area contributed by atoms with Gasteiger partial charge in [0.15, 0.2) is 5.67 Å². The lowest BCUT2D eigenvalue weighted by molar-refractivity contribution is 0.123. The highest BCUT2D eigenvalue weighted by Crippen LogP contribution is 2.26. The van der Waals surface area contributed by atoms with E-state index < -0.39 is 12.3 Å². The molecule has 1 aliphatic rings. The molecule has 0 aromatic rings. The average molecular weight is 177 g/mol. The van der Waals surface area contributed by atoms with Crippen LogP contribution in [0.25, 0.3) is 0 Å². The van der Waals surface area contributed by atoms with Gasteiger partial charge in [0.05, 0.1) is 0 Å². The predicted octanol–water partition coefficient (Wildman–Crippen LogP) is 2.03. The Labute approximate surface area is 72.7 Å². The van der Waals surface area contributed by atoms with Gasteiger partial charge >= 0.3 is 0 Å². The van der Waals surface area contributed by atoms with E-state index in [1.165, 1.54) is 0 Å². The Morgan fingerprint density at radius 2 is 2.17 bits per heavy atom. The lowest BCUT2D eigenvalue weighted by Crippen LogP contribution is -2.32. The minimum Gasteiger partial charge on any atom is -0.300 e. The molecule has 0 radical (unpaired) electrons. The van der Waals surface area contributed by atoms with Gasteiger partial charge in [0.1, 0.15) is 6.67 Å². The maximum absolute atomic E-state index is 13.3. The molecule has 1 nitrogen and oxygen atoms in total. The summed E-state index contributed by atoms with van der Waals surface area (Å²) in [5.41, 5.74) is -1.55. The van der Waals surface area contributed by atoms with E-state index in [4.69, 9.17) is 0 Å². The Morgan fingerprint density at radius 1 is 1.50 bits per heavy atom. The van der Waals surface area contributed by atoms with Crippen LogP contribution in [0.2, 0.25) is 0 Å². The Morgan fingerprint density at radius 3 is 2.58 bits per heavy atom. The zero-order valence-corrected chi connectivity index (χ0v) is 7.82. The first-order chi connectivity index (χ1) is 5.56. The average Bonchev–Trinajstić information content (AvgIpc) is 2.32. The summed E-state index contributed by atoms with van der Waals surface area (Å²) in [7, 11) is 0. The predicted molar refractivity (Wildman–Crippen MR) is 45.7 cm³/mol. The Kier molecular flexibility index (Phi) is 3.04. The van der Waals surface area contributed by atoms with Crippen LogP contribution in [0.4, 0.5) is 8.78 Å². The summed E-state index contributed by atoms with van der Waals surface area (Å²) in [6, 6.07) is 0. The standard InChI is InChI=1S/C9H17F2N/c1-8(2)5-12-4-3-9(11,6-10)7-12/h8H,3-7H2,1-2H3/t9-/m0/s1. The van der Waals surface area contributed by atoms with Gasteiger partial charge in [0, 0.05) is 19.6 Å². The maximum Gasteiger partial charge on any atom is 0.152 e. The van der Waals surface area contributed by atoms with Gasteiger partial charge in [-0.25, -0.2) is 8.78 Å². The minimum absolute atomic E-state index is 0.279. The van der Waals surface area contributed by atoms with Crippen LogP contribution in [0, 0.1) is 5.92 Å². The van der Waals surface area contributed by atoms with Crippen molar-refractivity contribution in [3.63, 3.8) is 0 Å². The fourth-order valence-electron chi connectivity index (χ4n) is 1.70. The summed E-state index contributed by atoms with van der Waals surface area (Å²) in [5, 5.41) is 0. The Balaban J connectivity index is 2.35. The molecule has 1 atom stereocenters. The van der Waals surface area contributed by atoms with Crippen molar-refractivity contribution in [1.82, 2.24) is 4.90 Å². The molecule has 1 saturated heterocycles. The first kappa shape index (κ1) is 9.90. The highest BCUT2D eigenvalue weighted by molar-refractivity contribution is 4.90. The summed E-state index contributed by atoms with van der Waals surface area (Å²) in [6.45, 7) is 5.22. The number of hydrogen-bond acceptors (Lipinski definition) is 1. The summed E-state index contributed by atoms with van der Waals surface area (Å²) < 4.78 is 25.5. The highest BCUT2D eigenvalue weighted by atomic mass is 19.2. The molecular formula is C9H17F2N. The van der Waals surface area contributed by atoms with Crippen LogP contribution in [0.5, 0.6) is 0 Å². The van der Waals surface area contributed by atoms with E-state index in [0.717, 1.165) is 6.54 Å². The number of alkyl halides is 2. The fraction of sp³-hybridized carbons (Fsp3) is 1.00. The second kappa shape index (κ2) is 3.69. The molecule has 0 unspecified atom stereocenters. The zero-order valence-electron chi connectivity index (χ0n) is 7.82. The van der Waals surface area contributed by atoms with Gasteiger partial charge < -0.3 is 0 Å². The summed E-state index contributed by atoms with van der Waals surface area (Å²) in [4.78, 5) is 2.00. The molecule has 12 heavy (non-hydrogen) atoms. The van der Waals surface area contributed by atoms with Crippen molar-refractivity contribution in [2.24, 2.45) is 5.92 Å². The van der Waals surface area contributed by atoms with Crippen molar-refractivity contribution in [3.05, 3.63) is 0 Å². The molecule has 0 aromatic heterocycles. The summed E-state index contributed by atoms with van der Waals surface area (Å²) >= 11 is 0. The molecule has 0 bridgehead atoms. The quantitative estimate of drug-likeness (QED) is 0.637. The molecule has 0 N–H and O–H groups in total. The van der Waals surface area contributed by atoms with E-state index in [0.29, 0.717) is 18.9 Å². The van der Waals surface area contributed by atoms with Crippen LogP contribution in [-0.2, 0) is 0 Å². The van der Waals surface area contributed by atoms with Gasteiger partial charge in [0.25, 0.3) is 0 Å². The van der Waals surface area contributed by atoms with Gasteiger partial charge in [-0.2, -0.15) is 0 Å². The molecule has 3 heteroatoms. The molecule has 0 spiro atoms. The maximum atomic E-state index is 13.3. The summed E-state index contributed by atoms with van der Waals surface area (Å²) in [5.74, 6) is 0.534. The van der Waals surface area contributed by atoms with Crippen LogP contribution in [0.3, 0.4) is 0 Å². The SMILES string of the molecule is CC(C)CN1CC[C@](F)(CF)C1. The first-order valence-electron chi connectivity index (χ1n) is 4.53. The molecule has 72 valence electrons. The van der Waals surface area contributed by atoms with Crippen LogP contribution < -0.4 is 0 Å². The molecule has 0 aromatic carbocycles. The molecular weight excluding hydrogens is 160 g/mol. The molecule has 1 fully saturated rings. The van der Waals surface area contributed by atoms with E-state index >= 15 is 0 Å². The van der Waals surface area contributed by atoms with Crippen molar-refractivity contribution in [3.8, 4) is 0 Å². The van der Waals surface area contributed by atoms with E-state index in [9.17, 15) is 8.78 Å². The lowest BCUT2D eigenvalue weighted by Gasteiger charge is -2.19. The van der Waals surface area contributed by atoms with E-state index in [-0.39, 0.29) is 6.54 Å². The van der Waals surface area contributed by atoms with Crippen molar-refractivity contribution in [2.75, 3.05) is 26.3 Å². The number of halogens is 2. The van der Waals surface area contributed by atoms with Crippen molar-refractivity contribution < 1.29 is 8.78 Å². The monoisotopic (exact) mass is 177 g/mol. The van der Waals surface area contributed by atoms with E-state index in [1.54, 1.807) is 0 Å². The second-order valence-electron chi connectivity index (χ2n) is 4.16. The van der Waals surface area contributed by atoms with Gasteiger partial charge in [-0.15, -0.1) is 0 Å². The third-order valence-electron chi connectivity index (χ3n) is 2.25. The third kappa shape index (κ3) is 2.41. The number of hydrogen-bond donors (Lipinski definition) is 0. The molecule has 0 amide bonds. The van der Waals surface area contributed by atoms with Crippen LogP contribution in [0.1, 0.15) is 20.3 Å². The second-order valence-corrected chi connectivity index (χ2v) is 4.16. The molecule has 1 rings (SSSR count). The van der Waals surface area contributed by atoms with Gasteiger partial charge in [-0.05, 0) is 12.3 Å². The number of likely N-dealkylation sites (tertiary alicyclic amines) is 1. The molecule has 1 heterocycles. The van der Waals surface area contributed by atoms with E-state index in [1.807, 2.05) is 4.90 Å². The fourth-order valence-corrected chi connectivity index (χ4v) is 1.70. The molecule has 0 aliphatic carbocycles. The van der Waals surface area contributed by atoms with Crippen LogP contribution >= 0.6 is 0 Å². The largest absolute Gasteiger partial charge is 0.300 e. The summed E-state index contributed by atoms with van der Waals surface area (Å²) in [6.07, 6.45) is 0.357. The van der Waals surface area contributed by atoms with Crippen molar-refractivity contribution in [2.45, 2.75) is 25.9 Å². The van der Waals surface area contributed by atoms with Gasteiger partial charge in [-0.3, -0.25) is 4.90 Å².